The lowest BCUT2D eigenvalue weighted by Gasteiger charge is -2.02. The molecule has 1 rings (SSSR count). The quantitative estimate of drug-likeness (QED) is 0.683. The first-order valence-corrected chi connectivity index (χ1v) is 6.22. The average molecular weight is 196 g/mol. The lowest BCUT2D eigenvalue weighted by atomic mass is 10.0. The normalized spacial score (nSPS) is 10.8. The maximum absolute atomic E-state index is 2.28. The Hall–Kier alpha value is -0.300. The van der Waals surface area contributed by atoms with E-state index in [1.807, 2.05) is 11.3 Å². The molecule has 0 aliphatic heterocycles. The van der Waals surface area contributed by atoms with Gasteiger partial charge in [-0.05, 0) is 36.8 Å². The lowest BCUT2D eigenvalue weighted by Crippen LogP contribution is -1.91. The Balaban J connectivity index is 3.17. The fourth-order valence-corrected chi connectivity index (χ4v) is 3.37. The van der Waals surface area contributed by atoms with Gasteiger partial charge in [0.25, 0.3) is 0 Å². The van der Waals surface area contributed by atoms with Gasteiger partial charge in [-0.15, -0.1) is 11.3 Å². The molecule has 0 aliphatic rings. The second-order valence-corrected chi connectivity index (χ2v) is 4.51. The minimum absolute atomic E-state index is 1.21. The SMILES string of the molecule is CCc1sc(CC)c(CC)c1CC. The summed E-state index contributed by atoms with van der Waals surface area (Å²) in [5.41, 5.74) is 3.29. The maximum atomic E-state index is 2.28. The molecule has 0 atom stereocenters. The number of thiophene rings is 1. The molecule has 74 valence electrons. The summed E-state index contributed by atoms with van der Waals surface area (Å²) in [6.45, 7) is 9.09. The Morgan fingerprint density at radius 1 is 0.692 bits per heavy atom. The van der Waals surface area contributed by atoms with Gasteiger partial charge in [0, 0.05) is 9.75 Å². The molecule has 0 fully saturated rings. The van der Waals surface area contributed by atoms with Crippen LogP contribution in [-0.2, 0) is 25.7 Å². The zero-order valence-corrected chi connectivity index (χ0v) is 10.1. The molecule has 0 radical (unpaired) electrons. The summed E-state index contributed by atoms with van der Waals surface area (Å²) in [6.07, 6.45) is 4.84. The van der Waals surface area contributed by atoms with Crippen LogP contribution in [0.2, 0.25) is 0 Å². The number of aryl methyl sites for hydroxylation is 2. The smallest absolute Gasteiger partial charge is 0.00801 e. The molecule has 0 aromatic carbocycles. The highest BCUT2D eigenvalue weighted by atomic mass is 32.1. The fourth-order valence-electron chi connectivity index (χ4n) is 2.00. The van der Waals surface area contributed by atoms with Gasteiger partial charge >= 0.3 is 0 Å². The van der Waals surface area contributed by atoms with E-state index < -0.39 is 0 Å². The van der Waals surface area contributed by atoms with Gasteiger partial charge < -0.3 is 0 Å². The first-order valence-electron chi connectivity index (χ1n) is 5.40. The second-order valence-electron chi connectivity index (χ2n) is 3.32. The third kappa shape index (κ3) is 1.96. The van der Waals surface area contributed by atoms with Crippen molar-refractivity contribution in [2.45, 2.75) is 53.4 Å². The van der Waals surface area contributed by atoms with Crippen LogP contribution in [0.25, 0.3) is 0 Å². The summed E-state index contributed by atoms with van der Waals surface area (Å²) >= 11 is 2.04. The van der Waals surface area contributed by atoms with Crippen molar-refractivity contribution in [2.75, 3.05) is 0 Å². The third-order valence-corrected chi connectivity index (χ3v) is 4.20. The van der Waals surface area contributed by atoms with E-state index >= 15 is 0 Å². The van der Waals surface area contributed by atoms with Crippen LogP contribution in [-0.4, -0.2) is 0 Å². The van der Waals surface area contributed by atoms with Crippen LogP contribution in [0, 0.1) is 0 Å². The van der Waals surface area contributed by atoms with Gasteiger partial charge in [-0.1, -0.05) is 27.7 Å². The second kappa shape index (κ2) is 4.80. The molecule has 0 saturated heterocycles. The van der Waals surface area contributed by atoms with Crippen molar-refractivity contribution in [3.05, 3.63) is 20.9 Å². The maximum Gasteiger partial charge on any atom is 0.00801 e. The van der Waals surface area contributed by atoms with Crippen molar-refractivity contribution in [3.63, 3.8) is 0 Å². The Labute approximate surface area is 86.0 Å². The topological polar surface area (TPSA) is 0 Å². The van der Waals surface area contributed by atoms with Crippen LogP contribution in [0.3, 0.4) is 0 Å². The number of hydrogen-bond donors (Lipinski definition) is 0. The van der Waals surface area contributed by atoms with Crippen LogP contribution in [0.4, 0.5) is 0 Å². The molecular weight excluding hydrogens is 176 g/mol. The Kier molecular flexibility index (Phi) is 3.98. The van der Waals surface area contributed by atoms with E-state index in [0.717, 1.165) is 0 Å². The van der Waals surface area contributed by atoms with E-state index in [4.69, 9.17) is 0 Å². The molecule has 1 aromatic rings. The van der Waals surface area contributed by atoms with E-state index in [0.29, 0.717) is 0 Å². The predicted octanol–water partition coefficient (Wildman–Crippen LogP) is 4.00. The number of rotatable bonds is 4. The molecule has 0 saturated carbocycles. The molecule has 0 unspecified atom stereocenters. The van der Waals surface area contributed by atoms with Crippen molar-refractivity contribution in [2.24, 2.45) is 0 Å². The summed E-state index contributed by atoms with van der Waals surface area (Å²) in [5, 5.41) is 0. The zero-order valence-electron chi connectivity index (χ0n) is 9.24. The highest BCUT2D eigenvalue weighted by molar-refractivity contribution is 7.12. The van der Waals surface area contributed by atoms with Crippen LogP contribution in [0.15, 0.2) is 0 Å². The van der Waals surface area contributed by atoms with E-state index in [1.54, 1.807) is 20.9 Å². The van der Waals surface area contributed by atoms with Gasteiger partial charge in [-0.3, -0.25) is 0 Å². The van der Waals surface area contributed by atoms with E-state index in [9.17, 15) is 0 Å². The molecule has 0 aliphatic carbocycles. The van der Waals surface area contributed by atoms with Gasteiger partial charge in [0.15, 0.2) is 0 Å². The van der Waals surface area contributed by atoms with Crippen LogP contribution >= 0.6 is 11.3 Å². The summed E-state index contributed by atoms with van der Waals surface area (Å²) in [7, 11) is 0. The van der Waals surface area contributed by atoms with Crippen LogP contribution in [0.5, 0.6) is 0 Å². The summed E-state index contributed by atoms with van der Waals surface area (Å²) in [6, 6.07) is 0. The van der Waals surface area contributed by atoms with Crippen molar-refractivity contribution in [1.29, 1.82) is 0 Å². The molecular formula is C12H20S. The molecule has 13 heavy (non-hydrogen) atoms. The zero-order chi connectivity index (χ0) is 9.84. The summed E-state index contributed by atoms with van der Waals surface area (Å²) < 4.78 is 0. The Morgan fingerprint density at radius 3 is 1.31 bits per heavy atom. The standard InChI is InChI=1S/C12H20S/c1-5-9-10(6-2)12(8-4)13-11(9)7-3/h5-8H2,1-4H3. The highest BCUT2D eigenvalue weighted by Gasteiger charge is 2.12. The van der Waals surface area contributed by atoms with Gasteiger partial charge in [0.1, 0.15) is 0 Å². The summed E-state index contributed by atoms with van der Waals surface area (Å²) in [4.78, 5) is 3.24. The highest BCUT2D eigenvalue weighted by Crippen LogP contribution is 2.30. The first kappa shape index (κ1) is 10.8. The predicted molar refractivity (Wildman–Crippen MR) is 61.8 cm³/mol. The van der Waals surface area contributed by atoms with E-state index in [-0.39, 0.29) is 0 Å². The largest absolute Gasteiger partial charge is 0.145 e. The molecule has 0 N–H and O–H groups in total. The van der Waals surface area contributed by atoms with Crippen molar-refractivity contribution >= 4 is 11.3 Å². The molecule has 0 spiro atoms. The van der Waals surface area contributed by atoms with E-state index in [2.05, 4.69) is 27.7 Å². The monoisotopic (exact) mass is 196 g/mol. The summed E-state index contributed by atoms with van der Waals surface area (Å²) in [5.74, 6) is 0. The number of hydrogen-bond acceptors (Lipinski definition) is 1. The molecule has 1 aromatic heterocycles. The van der Waals surface area contributed by atoms with Gasteiger partial charge in [-0.2, -0.15) is 0 Å². The van der Waals surface area contributed by atoms with Gasteiger partial charge in [0.05, 0.1) is 0 Å². The lowest BCUT2D eigenvalue weighted by molar-refractivity contribution is 0.992. The van der Waals surface area contributed by atoms with E-state index in [1.165, 1.54) is 25.7 Å². The molecule has 0 nitrogen and oxygen atoms in total. The molecule has 1 heterocycles. The molecule has 0 bridgehead atoms. The Morgan fingerprint density at radius 2 is 1.08 bits per heavy atom. The van der Waals surface area contributed by atoms with Gasteiger partial charge in [-0.25, -0.2) is 0 Å². The van der Waals surface area contributed by atoms with Crippen molar-refractivity contribution in [1.82, 2.24) is 0 Å². The first-order chi connectivity index (χ1) is 6.28. The van der Waals surface area contributed by atoms with Gasteiger partial charge in [0.2, 0.25) is 0 Å². The third-order valence-electron chi connectivity index (χ3n) is 2.63. The minimum Gasteiger partial charge on any atom is -0.145 e. The molecule has 0 amide bonds. The minimum atomic E-state index is 1.21. The average Bonchev–Trinajstić information content (AvgIpc) is 2.54. The molecule has 1 heteroatoms. The fraction of sp³-hybridized carbons (Fsp3) is 0.667. The van der Waals surface area contributed by atoms with Crippen molar-refractivity contribution in [3.8, 4) is 0 Å². The Bertz CT molecular complexity index is 244. The van der Waals surface area contributed by atoms with Crippen LogP contribution in [0.1, 0.15) is 48.6 Å². The van der Waals surface area contributed by atoms with Crippen LogP contribution < -0.4 is 0 Å². The van der Waals surface area contributed by atoms with Crippen molar-refractivity contribution < 1.29 is 0 Å².